The molecule has 6 aromatic rings. The van der Waals surface area contributed by atoms with E-state index >= 15 is 13.2 Å². The van der Waals surface area contributed by atoms with Gasteiger partial charge in [-0.05, 0) is 66.1 Å². The molecule has 0 radical (unpaired) electrons. The maximum absolute atomic E-state index is 16.3. The highest BCUT2D eigenvalue weighted by atomic mass is 19.3. The van der Waals surface area contributed by atoms with Crippen molar-refractivity contribution >= 4 is 17.4 Å². The second-order valence-electron chi connectivity index (χ2n) is 13.0. The summed E-state index contributed by atoms with van der Waals surface area (Å²) < 4.78 is 65.3. The molecule has 9 heteroatoms. The summed E-state index contributed by atoms with van der Waals surface area (Å²) in [5.41, 5.74) is 0.823. The molecule has 0 bridgehead atoms. The number of aliphatic imine (C=N–C) groups is 2. The minimum Gasteiger partial charge on any atom is -0.497 e. The molecule has 0 amide bonds. The second kappa shape index (κ2) is 14.9. The number of hydrogen-bond acceptors (Lipinski definition) is 6. The molecule has 1 atom stereocenters. The lowest BCUT2D eigenvalue weighted by atomic mass is 9.77. The van der Waals surface area contributed by atoms with E-state index in [4.69, 9.17) is 19.2 Å². The maximum atomic E-state index is 16.3. The zero-order chi connectivity index (χ0) is 37.8. The van der Waals surface area contributed by atoms with E-state index in [1.165, 1.54) is 19.1 Å². The second-order valence-corrected chi connectivity index (χ2v) is 13.0. The van der Waals surface area contributed by atoms with Crippen LogP contribution in [0.4, 0.5) is 18.9 Å². The Balaban J connectivity index is 1.39. The number of nitrogens with one attached hydrogen (secondary N) is 1. The molecular weight excluding hydrogens is 688 g/mol. The van der Waals surface area contributed by atoms with E-state index < -0.39 is 29.4 Å². The number of benzene rings is 6. The topological polar surface area (TPSA) is 64.4 Å². The summed E-state index contributed by atoms with van der Waals surface area (Å²) >= 11 is 0. The van der Waals surface area contributed by atoms with Gasteiger partial charge in [-0.25, -0.2) is 14.4 Å². The molecule has 0 saturated carbocycles. The Morgan fingerprint density at radius 3 is 1.67 bits per heavy atom. The van der Waals surface area contributed by atoms with Crippen LogP contribution in [0.25, 0.3) is 0 Å². The minimum atomic E-state index is -3.61. The predicted octanol–water partition coefficient (Wildman–Crippen LogP) is 9.83. The van der Waals surface area contributed by atoms with Gasteiger partial charge in [-0.15, -0.1) is 0 Å². The first kappa shape index (κ1) is 36.0. The number of hydrogen-bond donors (Lipinski definition) is 1. The van der Waals surface area contributed by atoms with Gasteiger partial charge in [0.1, 0.15) is 22.9 Å². The molecule has 272 valence electrons. The number of halogens is 3. The third-order valence-electron chi connectivity index (χ3n) is 9.78. The highest BCUT2D eigenvalue weighted by molar-refractivity contribution is 6.13. The van der Waals surface area contributed by atoms with Crippen LogP contribution in [0.5, 0.6) is 11.5 Å². The molecule has 0 aliphatic carbocycles. The van der Waals surface area contributed by atoms with Crippen LogP contribution in [-0.4, -0.2) is 38.5 Å². The van der Waals surface area contributed by atoms with Crippen LogP contribution in [0.2, 0.25) is 0 Å². The Kier molecular flexibility index (Phi) is 9.97. The summed E-state index contributed by atoms with van der Waals surface area (Å²) in [5.74, 6) is -3.19. The fourth-order valence-electron chi connectivity index (χ4n) is 6.76. The van der Waals surface area contributed by atoms with Gasteiger partial charge in [0.2, 0.25) is 0 Å². The third kappa shape index (κ3) is 6.80. The first-order valence-electron chi connectivity index (χ1n) is 17.4. The summed E-state index contributed by atoms with van der Waals surface area (Å²) in [5, 5.41) is 3.43. The molecule has 6 aromatic carbocycles. The van der Waals surface area contributed by atoms with E-state index in [1.54, 1.807) is 14.2 Å². The van der Waals surface area contributed by atoms with Gasteiger partial charge in [0.05, 0.1) is 25.6 Å². The molecule has 0 aromatic heterocycles. The quantitative estimate of drug-likeness (QED) is 0.113. The average Bonchev–Trinajstić information content (AvgIpc) is 3.22. The number of ether oxygens (including phenoxy) is 3. The Labute approximate surface area is 312 Å². The Bertz CT molecular complexity index is 2180. The van der Waals surface area contributed by atoms with E-state index in [0.717, 1.165) is 33.9 Å². The van der Waals surface area contributed by atoms with Crippen LogP contribution in [-0.2, 0) is 15.8 Å². The molecular formula is C45H38F3N3O3. The highest BCUT2D eigenvalue weighted by Gasteiger charge is 2.57. The van der Waals surface area contributed by atoms with Crippen molar-refractivity contribution < 1.29 is 27.4 Å². The largest absolute Gasteiger partial charge is 0.497 e. The molecule has 0 saturated heterocycles. The average molecular weight is 726 g/mol. The minimum absolute atomic E-state index is 0.193. The van der Waals surface area contributed by atoms with Gasteiger partial charge in [-0.3, -0.25) is 0 Å². The fourth-order valence-corrected chi connectivity index (χ4v) is 6.76. The number of methoxy groups -OCH3 is 2. The molecule has 0 spiro atoms. The van der Waals surface area contributed by atoms with Gasteiger partial charge in [-0.2, -0.15) is 8.78 Å². The predicted molar refractivity (Wildman–Crippen MR) is 206 cm³/mol. The third-order valence-corrected chi connectivity index (χ3v) is 9.78. The fraction of sp³-hybridized carbons (Fsp3) is 0.156. The summed E-state index contributed by atoms with van der Waals surface area (Å²) in [7, 11) is 3.16. The molecule has 6 nitrogen and oxygen atoms in total. The molecule has 7 rings (SSSR count). The molecule has 0 fully saturated rings. The number of alkyl halides is 2. The normalized spacial score (nSPS) is 16.4. The summed E-state index contributed by atoms with van der Waals surface area (Å²) in [6.45, 7) is 0.168. The van der Waals surface area contributed by atoms with Crippen molar-refractivity contribution in [2.45, 2.75) is 23.9 Å². The molecule has 1 aliphatic heterocycles. The lowest BCUT2D eigenvalue weighted by molar-refractivity contribution is -0.118. The SMILES string of the molecule is COc1ccc(C(NC2=NC(C)(c3cc(N=C(c4ccccc4)c4ccccc4)ccc3F)C(F)(F)CO2)(c2ccccc2)c2ccc(OC)cc2)cc1. The Hall–Kier alpha value is -6.35. The molecule has 1 unspecified atom stereocenters. The van der Waals surface area contributed by atoms with Gasteiger partial charge < -0.3 is 19.5 Å². The van der Waals surface area contributed by atoms with E-state index in [-0.39, 0.29) is 17.3 Å². The van der Waals surface area contributed by atoms with Crippen LogP contribution in [0, 0.1) is 5.82 Å². The van der Waals surface area contributed by atoms with Crippen molar-refractivity contribution in [1.29, 1.82) is 0 Å². The van der Waals surface area contributed by atoms with Crippen LogP contribution in [0.3, 0.4) is 0 Å². The van der Waals surface area contributed by atoms with Gasteiger partial charge in [0.25, 0.3) is 6.02 Å². The van der Waals surface area contributed by atoms with E-state index in [9.17, 15) is 0 Å². The number of amidine groups is 1. The van der Waals surface area contributed by atoms with Crippen LogP contribution >= 0.6 is 0 Å². The first-order chi connectivity index (χ1) is 26.2. The number of nitrogens with zero attached hydrogens (tertiary/aromatic N) is 2. The highest BCUT2D eigenvalue weighted by Crippen LogP contribution is 2.46. The van der Waals surface area contributed by atoms with Gasteiger partial charge >= 0.3 is 5.92 Å². The zero-order valence-corrected chi connectivity index (χ0v) is 30.0. The number of rotatable bonds is 10. The zero-order valence-electron chi connectivity index (χ0n) is 30.0. The summed E-state index contributed by atoms with van der Waals surface area (Å²) in [6.07, 6.45) is 0. The molecule has 1 heterocycles. The van der Waals surface area contributed by atoms with Crippen LogP contribution in [0.1, 0.15) is 40.3 Å². The van der Waals surface area contributed by atoms with Crippen molar-refractivity contribution in [3.63, 3.8) is 0 Å². The maximum Gasteiger partial charge on any atom is 0.310 e. The van der Waals surface area contributed by atoms with Crippen LogP contribution < -0.4 is 14.8 Å². The Morgan fingerprint density at radius 1 is 0.685 bits per heavy atom. The lowest BCUT2D eigenvalue weighted by Gasteiger charge is -2.42. The van der Waals surface area contributed by atoms with Gasteiger partial charge in [0.15, 0.2) is 12.1 Å². The van der Waals surface area contributed by atoms with Crippen molar-refractivity contribution in [3.05, 3.63) is 197 Å². The molecule has 1 N–H and O–H groups in total. The van der Waals surface area contributed by atoms with E-state index in [0.29, 0.717) is 17.2 Å². The summed E-state index contributed by atoms with van der Waals surface area (Å²) in [6, 6.07) is 47.2. The van der Waals surface area contributed by atoms with Crippen LogP contribution in [0.15, 0.2) is 168 Å². The van der Waals surface area contributed by atoms with E-state index in [2.05, 4.69) is 10.3 Å². The standard InChI is InChI=1S/C45H38F3N3O3/c1-43(39-29-36(23-28-40(39)46)49-41(31-13-7-4-8-14-31)32-15-9-5-10-16-32)44(47,48)30-54-42(50-43)51-45(33-17-11-6-12-18-33,34-19-24-37(52-2)25-20-34)35-21-26-38(53-3)27-22-35/h4-29H,30H2,1-3H3,(H,50,51). The lowest BCUT2D eigenvalue weighted by Crippen LogP contribution is -2.56. The van der Waals surface area contributed by atoms with Gasteiger partial charge in [0, 0.05) is 16.7 Å². The Morgan fingerprint density at radius 2 is 1.17 bits per heavy atom. The molecule has 1 aliphatic rings. The summed E-state index contributed by atoms with van der Waals surface area (Å²) in [4.78, 5) is 9.45. The van der Waals surface area contributed by atoms with Crippen molar-refractivity contribution in [3.8, 4) is 11.5 Å². The van der Waals surface area contributed by atoms with Crippen molar-refractivity contribution in [2.24, 2.45) is 9.98 Å². The van der Waals surface area contributed by atoms with Gasteiger partial charge in [-0.1, -0.05) is 115 Å². The van der Waals surface area contributed by atoms with E-state index in [1.807, 2.05) is 140 Å². The monoisotopic (exact) mass is 725 g/mol. The molecule has 54 heavy (non-hydrogen) atoms. The van der Waals surface area contributed by atoms with Crippen molar-refractivity contribution in [2.75, 3.05) is 20.8 Å². The smallest absolute Gasteiger partial charge is 0.310 e. The first-order valence-corrected chi connectivity index (χ1v) is 17.4. The van der Waals surface area contributed by atoms with Crippen molar-refractivity contribution in [1.82, 2.24) is 5.32 Å².